The molecule has 78 valence electrons. The fourth-order valence-electron chi connectivity index (χ4n) is 1.56. The maximum atomic E-state index is 11.6. The molecule has 1 aromatic heterocycles. The van der Waals surface area contributed by atoms with Crippen LogP contribution in [-0.2, 0) is 15.1 Å². The third kappa shape index (κ3) is 1.34. The fourth-order valence-corrected chi connectivity index (χ4v) is 1.56. The average Bonchev–Trinajstić information content (AvgIpc) is 2.24. The summed E-state index contributed by atoms with van der Waals surface area (Å²) in [6.45, 7) is 1.58. The molecular weight excluding hydrogens is 196 g/mol. The van der Waals surface area contributed by atoms with Crippen LogP contribution in [0.25, 0.3) is 6.08 Å². The summed E-state index contributed by atoms with van der Waals surface area (Å²) < 4.78 is 10.2. The molecule has 0 fully saturated rings. The fraction of sp³-hybridized carbons (Fsp3) is 0.273. The van der Waals surface area contributed by atoms with Crippen LogP contribution in [0.5, 0.6) is 0 Å². The van der Waals surface area contributed by atoms with Gasteiger partial charge in [-0.1, -0.05) is 0 Å². The lowest BCUT2D eigenvalue weighted by atomic mass is 9.89. The van der Waals surface area contributed by atoms with Gasteiger partial charge in [-0.25, -0.2) is 4.79 Å². The molecule has 1 atom stereocenters. The Hall–Kier alpha value is -1.68. The highest BCUT2D eigenvalue weighted by Crippen LogP contribution is 2.32. The van der Waals surface area contributed by atoms with Gasteiger partial charge < -0.3 is 9.15 Å². The van der Waals surface area contributed by atoms with E-state index in [9.17, 15) is 9.59 Å². The number of ketones is 1. The normalized spacial score (nSPS) is 24.0. The molecule has 0 saturated carbocycles. The lowest BCUT2D eigenvalue weighted by Gasteiger charge is -2.27. The molecule has 0 radical (unpaired) electrons. The Kier molecular flexibility index (Phi) is 2.08. The number of carbonyl (C=O) groups is 1. The highest BCUT2D eigenvalue weighted by molar-refractivity contribution is 6.03. The SMILES string of the molecule is COC1(C)C(=O)C=Cc2ccc(=O)oc21. The highest BCUT2D eigenvalue weighted by atomic mass is 16.5. The quantitative estimate of drug-likeness (QED) is 0.690. The van der Waals surface area contributed by atoms with Crippen molar-refractivity contribution in [3.63, 3.8) is 0 Å². The van der Waals surface area contributed by atoms with Crippen LogP contribution in [0.3, 0.4) is 0 Å². The summed E-state index contributed by atoms with van der Waals surface area (Å²) in [5.41, 5.74) is -0.983. The summed E-state index contributed by atoms with van der Waals surface area (Å²) in [6.07, 6.45) is 3.03. The predicted octanol–water partition coefficient (Wildman–Crippen LogP) is 1.10. The Morgan fingerprint density at radius 2 is 2.00 bits per heavy atom. The second-order valence-corrected chi connectivity index (χ2v) is 3.47. The molecule has 1 heterocycles. The number of methoxy groups -OCH3 is 1. The molecular formula is C11H10O4. The molecule has 0 saturated heterocycles. The Bertz CT molecular complexity index is 498. The van der Waals surface area contributed by atoms with Gasteiger partial charge in [-0.05, 0) is 25.1 Å². The van der Waals surface area contributed by atoms with E-state index in [1.807, 2.05) is 0 Å². The standard InChI is InChI=1S/C11H10O4/c1-11(14-2)8(12)5-3-7-4-6-9(13)15-10(7)11/h3-6H,1-2H3. The van der Waals surface area contributed by atoms with E-state index in [0.29, 0.717) is 5.56 Å². The van der Waals surface area contributed by atoms with Gasteiger partial charge in [-0.2, -0.15) is 0 Å². The van der Waals surface area contributed by atoms with E-state index < -0.39 is 11.2 Å². The van der Waals surface area contributed by atoms with Gasteiger partial charge in [0.05, 0.1) is 0 Å². The van der Waals surface area contributed by atoms with Gasteiger partial charge >= 0.3 is 5.63 Å². The Labute approximate surface area is 86.2 Å². The van der Waals surface area contributed by atoms with Crippen molar-refractivity contribution in [2.24, 2.45) is 0 Å². The smallest absolute Gasteiger partial charge is 0.335 e. The molecule has 4 heteroatoms. The van der Waals surface area contributed by atoms with Gasteiger partial charge in [0.2, 0.25) is 0 Å². The van der Waals surface area contributed by atoms with Crippen molar-refractivity contribution < 1.29 is 13.9 Å². The van der Waals surface area contributed by atoms with Gasteiger partial charge in [0, 0.05) is 18.7 Å². The van der Waals surface area contributed by atoms with Crippen LogP contribution in [-0.4, -0.2) is 12.9 Å². The Morgan fingerprint density at radius 1 is 1.27 bits per heavy atom. The lowest BCUT2D eigenvalue weighted by Crippen LogP contribution is -2.36. The maximum Gasteiger partial charge on any atom is 0.335 e. The molecule has 2 rings (SSSR count). The molecule has 0 spiro atoms. The molecule has 4 nitrogen and oxygen atoms in total. The van der Waals surface area contributed by atoms with E-state index in [1.54, 1.807) is 19.1 Å². The van der Waals surface area contributed by atoms with Crippen molar-refractivity contribution >= 4 is 11.9 Å². The van der Waals surface area contributed by atoms with Crippen molar-refractivity contribution in [2.75, 3.05) is 7.11 Å². The first-order chi connectivity index (χ1) is 7.08. The summed E-state index contributed by atoms with van der Waals surface area (Å²) in [6, 6.07) is 2.93. The summed E-state index contributed by atoms with van der Waals surface area (Å²) >= 11 is 0. The summed E-state index contributed by atoms with van der Waals surface area (Å²) in [5, 5.41) is 0. The van der Waals surface area contributed by atoms with Crippen LogP contribution in [0.4, 0.5) is 0 Å². The van der Waals surface area contributed by atoms with Crippen molar-refractivity contribution in [3.8, 4) is 0 Å². The molecule has 1 aliphatic rings. The van der Waals surface area contributed by atoms with E-state index in [-0.39, 0.29) is 11.5 Å². The zero-order valence-electron chi connectivity index (χ0n) is 8.44. The predicted molar refractivity (Wildman–Crippen MR) is 53.4 cm³/mol. The minimum absolute atomic E-state index is 0.230. The number of hydrogen-bond acceptors (Lipinski definition) is 4. The minimum atomic E-state index is -1.19. The molecule has 0 N–H and O–H groups in total. The maximum absolute atomic E-state index is 11.6. The molecule has 0 aliphatic heterocycles. The van der Waals surface area contributed by atoms with Gasteiger partial charge in [0.15, 0.2) is 17.1 Å². The highest BCUT2D eigenvalue weighted by Gasteiger charge is 2.40. The van der Waals surface area contributed by atoms with Crippen LogP contribution in [0, 0.1) is 0 Å². The third-order valence-electron chi connectivity index (χ3n) is 2.59. The first kappa shape index (κ1) is 9.86. The van der Waals surface area contributed by atoms with Crippen LogP contribution >= 0.6 is 0 Å². The number of fused-ring (bicyclic) bond motifs is 1. The average molecular weight is 206 g/mol. The van der Waals surface area contributed by atoms with E-state index in [4.69, 9.17) is 9.15 Å². The van der Waals surface area contributed by atoms with Crippen molar-refractivity contribution in [1.82, 2.24) is 0 Å². The second kappa shape index (κ2) is 3.17. The van der Waals surface area contributed by atoms with Gasteiger partial charge in [0.1, 0.15) is 0 Å². The number of ether oxygens (including phenoxy) is 1. The summed E-state index contributed by atoms with van der Waals surface area (Å²) in [4.78, 5) is 22.7. The Balaban J connectivity index is 2.73. The van der Waals surface area contributed by atoms with Crippen LogP contribution in [0.1, 0.15) is 18.2 Å². The molecule has 1 unspecified atom stereocenters. The summed E-state index contributed by atoms with van der Waals surface area (Å²) in [5.74, 6) is 0.0388. The van der Waals surface area contributed by atoms with Crippen molar-refractivity contribution in [2.45, 2.75) is 12.5 Å². The minimum Gasteiger partial charge on any atom is -0.424 e. The Morgan fingerprint density at radius 3 is 2.67 bits per heavy atom. The number of hydrogen-bond donors (Lipinski definition) is 0. The first-order valence-electron chi connectivity index (χ1n) is 4.50. The van der Waals surface area contributed by atoms with E-state index in [2.05, 4.69) is 0 Å². The van der Waals surface area contributed by atoms with Crippen molar-refractivity contribution in [3.05, 3.63) is 40.0 Å². The second-order valence-electron chi connectivity index (χ2n) is 3.47. The molecule has 1 aromatic rings. The topological polar surface area (TPSA) is 56.5 Å². The van der Waals surface area contributed by atoms with Gasteiger partial charge in [-0.3, -0.25) is 4.79 Å². The molecule has 0 amide bonds. The van der Waals surface area contributed by atoms with Gasteiger partial charge in [-0.15, -0.1) is 0 Å². The molecule has 0 aromatic carbocycles. The van der Waals surface area contributed by atoms with Gasteiger partial charge in [0.25, 0.3) is 0 Å². The van der Waals surface area contributed by atoms with Crippen LogP contribution in [0.2, 0.25) is 0 Å². The van der Waals surface area contributed by atoms with Crippen LogP contribution < -0.4 is 5.63 Å². The van der Waals surface area contributed by atoms with Crippen molar-refractivity contribution in [1.29, 1.82) is 0 Å². The number of rotatable bonds is 1. The van der Waals surface area contributed by atoms with E-state index in [1.165, 1.54) is 19.3 Å². The summed E-state index contributed by atoms with van der Waals surface area (Å²) in [7, 11) is 1.41. The largest absolute Gasteiger partial charge is 0.424 e. The van der Waals surface area contributed by atoms with E-state index in [0.717, 1.165) is 0 Å². The lowest BCUT2D eigenvalue weighted by molar-refractivity contribution is -0.137. The third-order valence-corrected chi connectivity index (χ3v) is 2.59. The molecule has 1 aliphatic carbocycles. The van der Waals surface area contributed by atoms with E-state index >= 15 is 0 Å². The molecule has 0 bridgehead atoms. The molecule has 15 heavy (non-hydrogen) atoms. The zero-order chi connectivity index (χ0) is 11.1. The first-order valence-corrected chi connectivity index (χ1v) is 4.50. The number of carbonyl (C=O) groups excluding carboxylic acids is 1. The van der Waals surface area contributed by atoms with Crippen LogP contribution in [0.15, 0.2) is 27.4 Å². The zero-order valence-corrected chi connectivity index (χ0v) is 8.44. The monoisotopic (exact) mass is 206 g/mol.